The van der Waals surface area contributed by atoms with E-state index in [-0.39, 0.29) is 11.9 Å². The Morgan fingerprint density at radius 3 is 2.92 bits per heavy atom. The number of hydrazine groups is 1. The standard InChI is InChI=1S/C7H12N2O3/c1-5(7(10)11-3)6-4-9(2)8-12-6/h4-5,8H,1-3H3. The van der Waals surface area contributed by atoms with Gasteiger partial charge in [0.15, 0.2) is 5.76 Å². The van der Waals surface area contributed by atoms with E-state index in [9.17, 15) is 4.79 Å². The maximum absolute atomic E-state index is 11.0. The Balaban J connectivity index is 2.58. The Morgan fingerprint density at radius 2 is 2.50 bits per heavy atom. The summed E-state index contributed by atoms with van der Waals surface area (Å²) in [7, 11) is 3.13. The Labute approximate surface area is 70.9 Å². The molecule has 0 amide bonds. The number of ether oxygens (including phenoxy) is 1. The van der Waals surface area contributed by atoms with Crippen LogP contribution in [0.1, 0.15) is 6.92 Å². The topological polar surface area (TPSA) is 50.8 Å². The summed E-state index contributed by atoms with van der Waals surface area (Å²) in [5.74, 6) is -0.116. The Hall–Kier alpha value is -1.23. The Kier molecular flexibility index (Phi) is 2.54. The van der Waals surface area contributed by atoms with Gasteiger partial charge in [-0.15, -0.1) is 0 Å². The van der Waals surface area contributed by atoms with Crippen LogP contribution >= 0.6 is 0 Å². The van der Waals surface area contributed by atoms with Crippen LogP contribution < -0.4 is 5.59 Å². The van der Waals surface area contributed by atoms with E-state index in [0.29, 0.717) is 5.76 Å². The highest BCUT2D eigenvalue weighted by molar-refractivity contribution is 5.74. The summed E-state index contributed by atoms with van der Waals surface area (Å²) < 4.78 is 4.55. The number of carbonyl (C=O) groups is 1. The zero-order chi connectivity index (χ0) is 9.14. The number of carbonyl (C=O) groups excluding carboxylic acids is 1. The van der Waals surface area contributed by atoms with Crippen molar-refractivity contribution in [2.45, 2.75) is 6.92 Å². The predicted molar refractivity (Wildman–Crippen MR) is 41.2 cm³/mol. The molecule has 0 aromatic heterocycles. The van der Waals surface area contributed by atoms with Gasteiger partial charge in [0.1, 0.15) is 5.92 Å². The zero-order valence-electron chi connectivity index (χ0n) is 7.33. The molecule has 1 atom stereocenters. The van der Waals surface area contributed by atoms with E-state index in [2.05, 4.69) is 10.3 Å². The quantitative estimate of drug-likeness (QED) is 0.595. The van der Waals surface area contributed by atoms with Gasteiger partial charge in [-0.25, -0.2) is 0 Å². The molecule has 1 rings (SSSR count). The summed E-state index contributed by atoms with van der Waals surface area (Å²) in [5, 5.41) is 1.62. The van der Waals surface area contributed by atoms with Crippen molar-refractivity contribution >= 4 is 5.97 Å². The molecule has 1 aliphatic rings. The average Bonchev–Trinajstić information content (AvgIpc) is 2.49. The monoisotopic (exact) mass is 172 g/mol. The van der Waals surface area contributed by atoms with Gasteiger partial charge in [0, 0.05) is 7.05 Å². The van der Waals surface area contributed by atoms with Gasteiger partial charge in [-0.1, -0.05) is 5.59 Å². The van der Waals surface area contributed by atoms with Crippen molar-refractivity contribution in [3.05, 3.63) is 12.0 Å². The van der Waals surface area contributed by atoms with Crippen LogP contribution in [0.3, 0.4) is 0 Å². The number of nitrogens with zero attached hydrogens (tertiary/aromatic N) is 1. The molecule has 0 spiro atoms. The number of hydrogen-bond acceptors (Lipinski definition) is 5. The van der Waals surface area contributed by atoms with Crippen molar-refractivity contribution in [2.24, 2.45) is 5.92 Å². The fourth-order valence-corrected chi connectivity index (χ4v) is 0.861. The second-order valence-electron chi connectivity index (χ2n) is 2.58. The van der Waals surface area contributed by atoms with Crippen LogP contribution in [-0.4, -0.2) is 25.1 Å². The summed E-state index contributed by atoms with van der Waals surface area (Å²) in [5.41, 5.74) is 2.56. The largest absolute Gasteiger partial charge is 0.468 e. The van der Waals surface area contributed by atoms with Crippen molar-refractivity contribution in [3.63, 3.8) is 0 Å². The van der Waals surface area contributed by atoms with E-state index in [1.807, 2.05) is 0 Å². The van der Waals surface area contributed by atoms with Gasteiger partial charge >= 0.3 is 5.97 Å². The van der Waals surface area contributed by atoms with Crippen molar-refractivity contribution in [1.29, 1.82) is 0 Å². The van der Waals surface area contributed by atoms with E-state index < -0.39 is 0 Å². The molecule has 0 saturated carbocycles. The summed E-state index contributed by atoms with van der Waals surface area (Å²) >= 11 is 0. The molecule has 1 heterocycles. The first-order valence-corrected chi connectivity index (χ1v) is 3.60. The lowest BCUT2D eigenvalue weighted by molar-refractivity contribution is -0.145. The molecule has 5 heteroatoms. The van der Waals surface area contributed by atoms with E-state index in [1.54, 1.807) is 25.2 Å². The Bertz CT molecular complexity index is 215. The molecule has 0 bridgehead atoms. The molecule has 0 aromatic carbocycles. The lowest BCUT2D eigenvalue weighted by Gasteiger charge is -2.08. The third-order valence-corrected chi connectivity index (χ3v) is 1.61. The number of esters is 1. The van der Waals surface area contributed by atoms with Gasteiger partial charge in [-0.3, -0.25) is 9.80 Å². The fraction of sp³-hybridized carbons (Fsp3) is 0.571. The molecule has 0 aromatic rings. The number of nitrogens with one attached hydrogen (secondary N) is 1. The van der Waals surface area contributed by atoms with Gasteiger partial charge in [0.2, 0.25) is 0 Å². The molecular weight excluding hydrogens is 160 g/mol. The smallest absolute Gasteiger partial charge is 0.316 e. The molecule has 1 aliphatic heterocycles. The SMILES string of the molecule is COC(=O)C(C)C1=CN(C)NO1. The third kappa shape index (κ3) is 1.68. The second kappa shape index (κ2) is 3.44. The first-order chi connectivity index (χ1) is 5.65. The molecule has 0 radical (unpaired) electrons. The molecular formula is C7H12N2O3. The summed E-state index contributed by atoms with van der Waals surface area (Å²) in [6.45, 7) is 1.72. The number of hydrogen-bond donors (Lipinski definition) is 1. The van der Waals surface area contributed by atoms with E-state index in [1.165, 1.54) is 7.11 Å². The maximum atomic E-state index is 11.0. The lowest BCUT2D eigenvalue weighted by Crippen LogP contribution is -2.23. The van der Waals surface area contributed by atoms with Crippen LogP contribution in [-0.2, 0) is 14.4 Å². The highest BCUT2D eigenvalue weighted by Gasteiger charge is 2.24. The minimum Gasteiger partial charge on any atom is -0.468 e. The first-order valence-electron chi connectivity index (χ1n) is 3.60. The van der Waals surface area contributed by atoms with Crippen molar-refractivity contribution in [3.8, 4) is 0 Å². The molecule has 0 aliphatic carbocycles. The number of methoxy groups -OCH3 is 1. The maximum Gasteiger partial charge on any atom is 0.316 e. The third-order valence-electron chi connectivity index (χ3n) is 1.61. The zero-order valence-corrected chi connectivity index (χ0v) is 7.33. The van der Waals surface area contributed by atoms with E-state index in [0.717, 1.165) is 0 Å². The molecule has 12 heavy (non-hydrogen) atoms. The summed E-state index contributed by atoms with van der Waals surface area (Å²) in [6.07, 6.45) is 1.70. The van der Waals surface area contributed by atoms with Gasteiger partial charge in [-0.2, -0.15) is 0 Å². The van der Waals surface area contributed by atoms with Gasteiger partial charge < -0.3 is 9.57 Å². The van der Waals surface area contributed by atoms with E-state index >= 15 is 0 Å². The van der Waals surface area contributed by atoms with E-state index in [4.69, 9.17) is 4.84 Å². The minimum absolute atomic E-state index is 0.307. The normalized spacial score (nSPS) is 18.2. The first kappa shape index (κ1) is 8.86. The second-order valence-corrected chi connectivity index (χ2v) is 2.58. The lowest BCUT2D eigenvalue weighted by atomic mass is 10.1. The van der Waals surface area contributed by atoms with Crippen LogP contribution in [0, 0.1) is 5.92 Å². The summed E-state index contributed by atoms with van der Waals surface area (Å²) in [4.78, 5) is 16.0. The van der Waals surface area contributed by atoms with Crippen LogP contribution in [0.15, 0.2) is 12.0 Å². The number of rotatable bonds is 2. The molecule has 1 unspecified atom stereocenters. The van der Waals surface area contributed by atoms with Crippen LogP contribution in [0.4, 0.5) is 0 Å². The van der Waals surface area contributed by atoms with Crippen molar-refractivity contribution in [2.75, 3.05) is 14.2 Å². The fourth-order valence-electron chi connectivity index (χ4n) is 0.861. The van der Waals surface area contributed by atoms with Crippen LogP contribution in [0.25, 0.3) is 0 Å². The molecule has 0 saturated heterocycles. The molecule has 0 fully saturated rings. The summed E-state index contributed by atoms with van der Waals surface area (Å²) in [6, 6.07) is 0. The van der Waals surface area contributed by atoms with Crippen LogP contribution in [0.5, 0.6) is 0 Å². The minimum atomic E-state index is -0.368. The highest BCUT2D eigenvalue weighted by Crippen LogP contribution is 2.16. The highest BCUT2D eigenvalue weighted by atomic mass is 16.7. The average molecular weight is 172 g/mol. The molecule has 68 valence electrons. The predicted octanol–water partition coefficient (Wildman–Crippen LogP) is 0.0185. The molecule has 1 N–H and O–H groups in total. The Morgan fingerprint density at radius 1 is 1.83 bits per heavy atom. The molecule has 5 nitrogen and oxygen atoms in total. The van der Waals surface area contributed by atoms with Gasteiger partial charge in [0.05, 0.1) is 13.3 Å². The van der Waals surface area contributed by atoms with Gasteiger partial charge in [-0.05, 0) is 6.92 Å². The van der Waals surface area contributed by atoms with Gasteiger partial charge in [0.25, 0.3) is 0 Å². The van der Waals surface area contributed by atoms with Crippen LogP contribution in [0.2, 0.25) is 0 Å². The van der Waals surface area contributed by atoms with Crippen molar-refractivity contribution < 1.29 is 14.4 Å². The van der Waals surface area contributed by atoms with Crippen molar-refractivity contribution in [1.82, 2.24) is 10.6 Å².